The first-order valence-electron chi connectivity index (χ1n) is 10.6. The van der Waals surface area contributed by atoms with Crippen LogP contribution in [-0.4, -0.2) is 51.0 Å². The molecule has 0 saturated heterocycles. The second kappa shape index (κ2) is 10.6. The summed E-state index contributed by atoms with van der Waals surface area (Å²) in [6.45, 7) is -1.17. The summed E-state index contributed by atoms with van der Waals surface area (Å²) >= 11 is 0. The van der Waals surface area contributed by atoms with Gasteiger partial charge in [0.15, 0.2) is 23.2 Å². The van der Waals surface area contributed by atoms with Crippen molar-refractivity contribution < 1.29 is 18.3 Å². The summed E-state index contributed by atoms with van der Waals surface area (Å²) in [5.41, 5.74) is 5.92. The van der Waals surface area contributed by atoms with Crippen molar-refractivity contribution in [3.05, 3.63) is 88.2 Å². The predicted molar refractivity (Wildman–Crippen MR) is 127 cm³/mol. The van der Waals surface area contributed by atoms with Gasteiger partial charge in [-0.15, -0.1) is 5.10 Å². The fourth-order valence-electron chi connectivity index (χ4n) is 3.41. The van der Waals surface area contributed by atoms with Crippen LogP contribution in [0.2, 0.25) is 0 Å². The van der Waals surface area contributed by atoms with E-state index in [4.69, 9.17) is 20.6 Å². The number of amidine groups is 1. The van der Waals surface area contributed by atoms with Gasteiger partial charge in [-0.2, -0.15) is 4.68 Å². The second-order valence-corrected chi connectivity index (χ2v) is 7.43. The SMILES string of the molecule is COc1cc(OCCF)c(F)c(C(Nc2ccc(C(=N)N)cc2)c2nn(-c3cnccn3)c(=O)[nH]2)c1. The Hall–Kier alpha value is -4.81. The third kappa shape index (κ3) is 5.14. The number of H-pyrrole nitrogens is 1. The highest BCUT2D eigenvalue weighted by atomic mass is 19.1. The van der Waals surface area contributed by atoms with E-state index in [0.717, 1.165) is 4.68 Å². The summed E-state index contributed by atoms with van der Waals surface area (Å²) < 4.78 is 39.9. The van der Waals surface area contributed by atoms with Gasteiger partial charge in [0.05, 0.1) is 13.3 Å². The Bertz CT molecular complexity index is 1410. The van der Waals surface area contributed by atoms with Crippen molar-refractivity contribution in [3.8, 4) is 17.3 Å². The monoisotopic (exact) mass is 496 g/mol. The van der Waals surface area contributed by atoms with Crippen molar-refractivity contribution in [1.82, 2.24) is 24.7 Å². The third-order valence-corrected chi connectivity index (χ3v) is 5.10. The Labute approximate surface area is 203 Å². The van der Waals surface area contributed by atoms with Crippen LogP contribution in [-0.2, 0) is 0 Å². The Morgan fingerprint density at radius 2 is 2.06 bits per heavy atom. The molecule has 2 heterocycles. The van der Waals surface area contributed by atoms with Gasteiger partial charge in [0.25, 0.3) is 0 Å². The molecule has 186 valence electrons. The number of nitrogen functional groups attached to an aromatic ring is 1. The number of anilines is 1. The number of aromatic nitrogens is 5. The van der Waals surface area contributed by atoms with E-state index in [-0.39, 0.29) is 41.1 Å². The number of nitrogens with zero attached hydrogens (tertiary/aromatic N) is 4. The van der Waals surface area contributed by atoms with Crippen molar-refractivity contribution in [1.29, 1.82) is 5.41 Å². The largest absolute Gasteiger partial charge is 0.497 e. The van der Waals surface area contributed by atoms with Gasteiger partial charge >= 0.3 is 5.69 Å². The first-order chi connectivity index (χ1) is 17.4. The number of rotatable bonds is 10. The number of nitrogens with two attached hydrogens (primary N) is 1. The zero-order valence-electron chi connectivity index (χ0n) is 19.0. The molecular weight excluding hydrogens is 474 g/mol. The van der Waals surface area contributed by atoms with E-state index in [1.165, 1.54) is 37.8 Å². The lowest BCUT2D eigenvalue weighted by Crippen LogP contribution is -2.18. The molecule has 0 spiro atoms. The minimum absolute atomic E-state index is 0.0129. The number of halogens is 2. The maximum absolute atomic E-state index is 15.6. The highest BCUT2D eigenvalue weighted by Gasteiger charge is 2.26. The number of hydrogen-bond donors (Lipinski definition) is 4. The number of methoxy groups -OCH3 is 1. The summed E-state index contributed by atoms with van der Waals surface area (Å²) in [4.78, 5) is 23.3. The molecule has 4 aromatic rings. The van der Waals surface area contributed by atoms with Crippen LogP contribution in [0, 0.1) is 11.2 Å². The van der Waals surface area contributed by atoms with Gasteiger partial charge in [-0.3, -0.25) is 15.4 Å². The highest BCUT2D eigenvalue weighted by Crippen LogP contribution is 2.35. The van der Waals surface area contributed by atoms with Gasteiger partial charge in [-0.25, -0.2) is 18.6 Å². The molecule has 2 aromatic heterocycles. The minimum Gasteiger partial charge on any atom is -0.497 e. The van der Waals surface area contributed by atoms with Crippen molar-refractivity contribution >= 4 is 11.5 Å². The molecular formula is C23H22F2N8O3. The molecule has 0 radical (unpaired) electrons. The van der Waals surface area contributed by atoms with Crippen LogP contribution in [0.3, 0.4) is 0 Å². The van der Waals surface area contributed by atoms with Crippen molar-refractivity contribution in [3.63, 3.8) is 0 Å². The first kappa shape index (κ1) is 24.3. The number of benzene rings is 2. The molecule has 1 atom stereocenters. The molecule has 13 heteroatoms. The summed E-state index contributed by atoms with van der Waals surface area (Å²) in [5.74, 6) is -0.681. The van der Waals surface area contributed by atoms with Gasteiger partial charge in [0.2, 0.25) is 0 Å². The third-order valence-electron chi connectivity index (χ3n) is 5.10. The van der Waals surface area contributed by atoms with Crippen LogP contribution < -0.4 is 26.2 Å². The fourth-order valence-corrected chi connectivity index (χ4v) is 3.41. The summed E-state index contributed by atoms with van der Waals surface area (Å²) in [6.07, 6.45) is 4.20. The average molecular weight is 496 g/mol. The van der Waals surface area contributed by atoms with Gasteiger partial charge in [0, 0.05) is 35.3 Å². The van der Waals surface area contributed by atoms with E-state index < -0.39 is 24.2 Å². The maximum atomic E-state index is 15.6. The van der Waals surface area contributed by atoms with E-state index in [0.29, 0.717) is 11.3 Å². The molecule has 0 aliphatic rings. The molecule has 0 saturated carbocycles. The summed E-state index contributed by atoms with van der Waals surface area (Å²) in [7, 11) is 1.39. The van der Waals surface area contributed by atoms with Crippen molar-refractivity contribution in [2.24, 2.45) is 5.73 Å². The van der Waals surface area contributed by atoms with Crippen LogP contribution in [0.4, 0.5) is 14.5 Å². The molecule has 1 unspecified atom stereocenters. The van der Waals surface area contributed by atoms with Gasteiger partial charge in [-0.05, 0) is 30.3 Å². The molecule has 0 bridgehead atoms. The minimum atomic E-state index is -1.05. The normalized spacial score (nSPS) is 11.6. The molecule has 0 fully saturated rings. The quantitative estimate of drug-likeness (QED) is 0.192. The Balaban J connectivity index is 1.84. The number of ether oxygens (including phenoxy) is 2. The number of alkyl halides is 1. The van der Waals surface area contributed by atoms with E-state index >= 15 is 4.39 Å². The van der Waals surface area contributed by atoms with Gasteiger partial charge < -0.3 is 20.5 Å². The standard InChI is InChI=1S/C23H22F2N8O3/c1-35-15-10-16(19(25)17(11-15)36-9-6-24)20(30-14-4-2-13(3-5-14)21(26)27)22-31-23(34)33(32-22)18-12-28-7-8-29-18/h2-5,7-8,10-12,20,30H,6,9H2,1H3,(H3,26,27)(H,31,32,34). The average Bonchev–Trinajstić information content (AvgIpc) is 3.28. The number of aromatic amines is 1. The molecule has 11 nitrogen and oxygen atoms in total. The lowest BCUT2D eigenvalue weighted by molar-refractivity contribution is 0.260. The predicted octanol–water partition coefficient (Wildman–Crippen LogP) is 2.33. The first-order valence-corrected chi connectivity index (χ1v) is 10.6. The van der Waals surface area contributed by atoms with Crippen LogP contribution in [0.15, 0.2) is 59.8 Å². The lowest BCUT2D eigenvalue weighted by atomic mass is 10.0. The van der Waals surface area contributed by atoms with Gasteiger partial charge in [-0.1, -0.05) is 0 Å². The zero-order chi connectivity index (χ0) is 25.7. The second-order valence-electron chi connectivity index (χ2n) is 7.43. The molecule has 0 aliphatic heterocycles. The number of hydrogen-bond acceptors (Lipinski definition) is 8. The molecule has 0 amide bonds. The summed E-state index contributed by atoms with van der Waals surface area (Å²) in [6, 6.07) is 8.16. The van der Waals surface area contributed by atoms with Crippen molar-refractivity contribution in [2.75, 3.05) is 25.7 Å². The lowest BCUT2D eigenvalue weighted by Gasteiger charge is -2.21. The van der Waals surface area contributed by atoms with E-state index in [2.05, 4.69) is 25.4 Å². The molecule has 0 aliphatic carbocycles. The maximum Gasteiger partial charge on any atom is 0.349 e. The Kier molecular flexibility index (Phi) is 7.18. The molecule has 5 N–H and O–H groups in total. The van der Waals surface area contributed by atoms with Crippen LogP contribution in [0.1, 0.15) is 23.0 Å². The van der Waals surface area contributed by atoms with E-state index in [1.54, 1.807) is 24.3 Å². The highest BCUT2D eigenvalue weighted by molar-refractivity contribution is 5.95. The Morgan fingerprint density at radius 3 is 2.69 bits per heavy atom. The Morgan fingerprint density at radius 1 is 1.28 bits per heavy atom. The van der Waals surface area contributed by atoms with Crippen LogP contribution >= 0.6 is 0 Å². The molecule has 36 heavy (non-hydrogen) atoms. The summed E-state index contributed by atoms with van der Waals surface area (Å²) in [5, 5.41) is 15.0. The van der Waals surface area contributed by atoms with Gasteiger partial charge in [0.1, 0.15) is 30.9 Å². The molecule has 2 aromatic carbocycles. The van der Waals surface area contributed by atoms with E-state index in [9.17, 15) is 9.18 Å². The molecule has 4 rings (SSSR count). The van der Waals surface area contributed by atoms with E-state index in [1.807, 2.05) is 0 Å². The number of nitrogens with one attached hydrogen (secondary N) is 3. The zero-order valence-corrected chi connectivity index (χ0v) is 19.0. The van der Waals surface area contributed by atoms with Crippen LogP contribution in [0.5, 0.6) is 11.5 Å². The van der Waals surface area contributed by atoms with Crippen molar-refractivity contribution in [2.45, 2.75) is 6.04 Å². The fraction of sp³-hybridized carbons (Fsp3) is 0.174. The smallest absolute Gasteiger partial charge is 0.349 e. The topological polar surface area (TPSA) is 157 Å². The van der Waals surface area contributed by atoms with Crippen LogP contribution in [0.25, 0.3) is 5.82 Å².